The van der Waals surface area contributed by atoms with Crippen molar-refractivity contribution in [2.24, 2.45) is 17.8 Å². The SMILES string of the molecule is CCNC(=O)c1ccc(CC(C)CCCC(C)CCCC(C)C)c2ccccc12. The monoisotopic (exact) mass is 395 g/mol. The highest BCUT2D eigenvalue weighted by atomic mass is 16.1. The average Bonchev–Trinajstić information content (AvgIpc) is 2.68. The summed E-state index contributed by atoms with van der Waals surface area (Å²) in [5.74, 6) is 2.36. The maximum atomic E-state index is 12.4. The molecule has 0 aliphatic carbocycles. The molecule has 2 nitrogen and oxygen atoms in total. The van der Waals surface area contributed by atoms with Gasteiger partial charge in [0.1, 0.15) is 0 Å². The molecule has 2 rings (SSSR count). The van der Waals surface area contributed by atoms with Gasteiger partial charge in [0.25, 0.3) is 5.91 Å². The molecule has 0 aromatic heterocycles. The van der Waals surface area contributed by atoms with Crippen molar-refractivity contribution >= 4 is 16.7 Å². The Hall–Kier alpha value is -1.83. The molecule has 0 aliphatic heterocycles. The van der Waals surface area contributed by atoms with Gasteiger partial charge in [0, 0.05) is 12.1 Å². The number of benzene rings is 2. The molecule has 0 heterocycles. The predicted octanol–water partition coefficient (Wildman–Crippen LogP) is 7.40. The Morgan fingerprint density at radius 1 is 0.828 bits per heavy atom. The quantitative estimate of drug-likeness (QED) is 0.398. The molecule has 0 spiro atoms. The highest BCUT2D eigenvalue weighted by Crippen LogP contribution is 2.27. The Bertz CT molecular complexity index is 764. The van der Waals surface area contributed by atoms with Gasteiger partial charge >= 0.3 is 0 Å². The molecule has 160 valence electrons. The van der Waals surface area contributed by atoms with Gasteiger partial charge in [0.15, 0.2) is 0 Å². The largest absolute Gasteiger partial charge is 0.352 e. The molecule has 2 aromatic carbocycles. The van der Waals surface area contributed by atoms with Crippen LogP contribution < -0.4 is 5.32 Å². The molecule has 29 heavy (non-hydrogen) atoms. The van der Waals surface area contributed by atoms with Crippen molar-refractivity contribution in [1.29, 1.82) is 0 Å². The third-order valence-electron chi connectivity index (χ3n) is 6.04. The van der Waals surface area contributed by atoms with E-state index < -0.39 is 0 Å². The van der Waals surface area contributed by atoms with Gasteiger partial charge in [-0.2, -0.15) is 0 Å². The van der Waals surface area contributed by atoms with Gasteiger partial charge < -0.3 is 5.32 Å². The lowest BCUT2D eigenvalue weighted by Crippen LogP contribution is -2.23. The third kappa shape index (κ3) is 7.49. The number of amides is 1. The summed E-state index contributed by atoms with van der Waals surface area (Å²) in [6, 6.07) is 12.5. The van der Waals surface area contributed by atoms with Crippen LogP contribution >= 0.6 is 0 Å². The lowest BCUT2D eigenvalue weighted by Gasteiger charge is -2.17. The molecular formula is C27H41NO. The number of rotatable bonds is 12. The Labute approximate surface area is 178 Å². The van der Waals surface area contributed by atoms with Crippen LogP contribution in [0.3, 0.4) is 0 Å². The zero-order chi connectivity index (χ0) is 21.2. The van der Waals surface area contributed by atoms with Crippen molar-refractivity contribution < 1.29 is 4.79 Å². The van der Waals surface area contributed by atoms with Gasteiger partial charge in [-0.3, -0.25) is 4.79 Å². The number of carbonyl (C=O) groups is 1. The summed E-state index contributed by atoms with van der Waals surface area (Å²) in [6.45, 7) is 12.0. The molecular weight excluding hydrogens is 354 g/mol. The average molecular weight is 396 g/mol. The van der Waals surface area contributed by atoms with E-state index in [0.29, 0.717) is 12.5 Å². The number of hydrogen-bond donors (Lipinski definition) is 1. The fraction of sp³-hybridized carbons (Fsp3) is 0.593. The van der Waals surface area contributed by atoms with Crippen LogP contribution in [0.1, 0.15) is 89.1 Å². The minimum Gasteiger partial charge on any atom is -0.352 e. The summed E-state index contributed by atoms with van der Waals surface area (Å²) in [6.07, 6.45) is 9.13. The van der Waals surface area contributed by atoms with Gasteiger partial charge in [-0.05, 0) is 53.5 Å². The van der Waals surface area contributed by atoms with E-state index in [9.17, 15) is 4.79 Å². The summed E-state index contributed by atoms with van der Waals surface area (Å²) in [5, 5.41) is 5.23. The topological polar surface area (TPSA) is 29.1 Å². The predicted molar refractivity (Wildman–Crippen MR) is 127 cm³/mol. The first-order chi connectivity index (χ1) is 13.9. The van der Waals surface area contributed by atoms with Gasteiger partial charge in [-0.25, -0.2) is 0 Å². The lowest BCUT2D eigenvalue weighted by molar-refractivity contribution is 0.0957. The van der Waals surface area contributed by atoms with E-state index in [2.05, 4.69) is 57.3 Å². The minimum absolute atomic E-state index is 0.0229. The number of carbonyl (C=O) groups excluding carboxylic acids is 1. The van der Waals surface area contributed by atoms with Crippen molar-refractivity contribution in [1.82, 2.24) is 5.32 Å². The highest BCUT2D eigenvalue weighted by Gasteiger charge is 2.13. The third-order valence-corrected chi connectivity index (χ3v) is 6.04. The standard InChI is InChI=1S/C27H41NO/c1-6-28-27(29)26-18-17-23(24-15-7-8-16-25(24)26)19-22(5)14-10-13-21(4)12-9-11-20(2)3/h7-8,15-18,20-22H,6,9-14,19H2,1-5H3,(H,28,29). The van der Waals surface area contributed by atoms with Crippen molar-refractivity contribution in [3.8, 4) is 0 Å². The lowest BCUT2D eigenvalue weighted by atomic mass is 9.89. The van der Waals surface area contributed by atoms with E-state index in [4.69, 9.17) is 0 Å². The first-order valence-electron chi connectivity index (χ1n) is 11.7. The second-order valence-electron chi connectivity index (χ2n) is 9.35. The van der Waals surface area contributed by atoms with Crippen LogP contribution in [0.5, 0.6) is 0 Å². The molecule has 2 unspecified atom stereocenters. The molecule has 0 bridgehead atoms. The van der Waals surface area contributed by atoms with Crippen molar-refractivity contribution in [3.63, 3.8) is 0 Å². The smallest absolute Gasteiger partial charge is 0.251 e. The van der Waals surface area contributed by atoms with Crippen LogP contribution in [0.15, 0.2) is 36.4 Å². The summed E-state index contributed by atoms with van der Waals surface area (Å²) >= 11 is 0. The van der Waals surface area contributed by atoms with E-state index in [0.717, 1.165) is 29.2 Å². The molecule has 0 radical (unpaired) electrons. The van der Waals surface area contributed by atoms with Crippen molar-refractivity contribution in [2.75, 3.05) is 6.54 Å². The fourth-order valence-corrected chi connectivity index (χ4v) is 4.30. The minimum atomic E-state index is 0.0229. The molecule has 2 aromatic rings. The van der Waals surface area contributed by atoms with E-state index in [1.54, 1.807) is 0 Å². The summed E-state index contributed by atoms with van der Waals surface area (Å²) in [7, 11) is 0. The van der Waals surface area contributed by atoms with Crippen LogP contribution in [-0.4, -0.2) is 12.5 Å². The van der Waals surface area contributed by atoms with Gasteiger partial charge in [-0.15, -0.1) is 0 Å². The van der Waals surface area contributed by atoms with Crippen LogP contribution in [0.4, 0.5) is 0 Å². The number of hydrogen-bond acceptors (Lipinski definition) is 1. The van der Waals surface area contributed by atoms with E-state index in [1.165, 1.54) is 49.5 Å². The van der Waals surface area contributed by atoms with Crippen LogP contribution in [0, 0.1) is 17.8 Å². The van der Waals surface area contributed by atoms with Crippen LogP contribution in [0.2, 0.25) is 0 Å². The Morgan fingerprint density at radius 2 is 1.45 bits per heavy atom. The zero-order valence-electron chi connectivity index (χ0n) is 19.3. The maximum Gasteiger partial charge on any atom is 0.251 e. The maximum absolute atomic E-state index is 12.4. The van der Waals surface area contributed by atoms with Crippen LogP contribution in [0.25, 0.3) is 10.8 Å². The molecule has 0 saturated heterocycles. The molecule has 1 amide bonds. The second kappa shape index (κ2) is 12.0. The second-order valence-corrected chi connectivity index (χ2v) is 9.35. The van der Waals surface area contributed by atoms with E-state index in [-0.39, 0.29) is 5.91 Å². The molecule has 0 saturated carbocycles. The molecule has 2 heteroatoms. The summed E-state index contributed by atoms with van der Waals surface area (Å²) < 4.78 is 0. The first-order valence-corrected chi connectivity index (χ1v) is 11.7. The molecule has 1 N–H and O–H groups in total. The Morgan fingerprint density at radius 3 is 2.10 bits per heavy atom. The van der Waals surface area contributed by atoms with Gasteiger partial charge in [0.2, 0.25) is 0 Å². The van der Waals surface area contributed by atoms with Crippen molar-refractivity contribution in [2.45, 2.75) is 79.6 Å². The fourth-order valence-electron chi connectivity index (χ4n) is 4.30. The van der Waals surface area contributed by atoms with Gasteiger partial charge in [-0.1, -0.05) is 96.6 Å². The number of nitrogens with one attached hydrogen (secondary N) is 1. The number of fused-ring (bicyclic) bond motifs is 1. The molecule has 0 fully saturated rings. The summed E-state index contributed by atoms with van der Waals surface area (Å²) in [4.78, 5) is 12.4. The van der Waals surface area contributed by atoms with Crippen LogP contribution in [-0.2, 0) is 6.42 Å². The van der Waals surface area contributed by atoms with E-state index in [1.807, 2.05) is 19.1 Å². The summed E-state index contributed by atoms with van der Waals surface area (Å²) in [5.41, 5.74) is 2.15. The van der Waals surface area contributed by atoms with E-state index >= 15 is 0 Å². The Kier molecular flexibility index (Phi) is 9.70. The normalized spacial score (nSPS) is 13.6. The molecule has 2 atom stereocenters. The Balaban J connectivity index is 1.93. The van der Waals surface area contributed by atoms with Gasteiger partial charge in [0.05, 0.1) is 0 Å². The zero-order valence-corrected chi connectivity index (χ0v) is 19.3. The first kappa shape index (κ1) is 23.4. The highest BCUT2D eigenvalue weighted by molar-refractivity contribution is 6.07. The molecule has 0 aliphatic rings. The van der Waals surface area contributed by atoms with Crippen molar-refractivity contribution in [3.05, 3.63) is 47.5 Å².